The summed E-state index contributed by atoms with van der Waals surface area (Å²) < 4.78 is 13.4. The van der Waals surface area contributed by atoms with Gasteiger partial charge in [-0.2, -0.15) is 0 Å². The molecule has 0 spiro atoms. The van der Waals surface area contributed by atoms with Gasteiger partial charge in [0.05, 0.1) is 23.0 Å². The average Bonchev–Trinajstić information content (AvgIpc) is 3.09. The molecule has 1 aromatic heterocycles. The zero-order chi connectivity index (χ0) is 33.9. The lowest BCUT2D eigenvalue weighted by atomic mass is 10.0. The van der Waals surface area contributed by atoms with E-state index in [1.165, 1.54) is 0 Å². The Morgan fingerprint density at radius 1 is 0.875 bits per heavy atom. The van der Waals surface area contributed by atoms with Crippen molar-refractivity contribution in [1.29, 1.82) is 0 Å². The topological polar surface area (TPSA) is 120 Å². The number of carbonyl (C=O) groups excluding carboxylic acids is 1. The van der Waals surface area contributed by atoms with E-state index in [1.807, 2.05) is 54.6 Å². The number of hydrogen-bond acceptors (Lipinski definition) is 6. The Balaban J connectivity index is 1.30. The van der Waals surface area contributed by atoms with Gasteiger partial charge >= 0.3 is 12.1 Å². The number of anilines is 1. The average molecular weight is 648 g/mol. The van der Waals surface area contributed by atoms with Crippen LogP contribution in [0.15, 0.2) is 102 Å². The van der Waals surface area contributed by atoms with Crippen molar-refractivity contribution in [1.82, 2.24) is 9.55 Å². The lowest BCUT2D eigenvalue weighted by molar-refractivity contribution is 0.0696. The second kappa shape index (κ2) is 16.4. The van der Waals surface area contributed by atoms with Gasteiger partial charge < -0.3 is 14.6 Å². The molecular weight excluding hydrogens is 606 g/mol. The largest absolute Gasteiger partial charge is 0.489 e. The van der Waals surface area contributed by atoms with Gasteiger partial charge in [0, 0.05) is 18.5 Å². The van der Waals surface area contributed by atoms with E-state index in [1.54, 1.807) is 47.0 Å². The van der Waals surface area contributed by atoms with Gasteiger partial charge in [-0.3, -0.25) is 14.7 Å². The first-order chi connectivity index (χ1) is 23.3. The van der Waals surface area contributed by atoms with Crippen molar-refractivity contribution in [2.24, 2.45) is 0 Å². The van der Waals surface area contributed by atoms with Crippen LogP contribution in [-0.2, 0) is 30.7 Å². The molecule has 5 aromatic rings. The van der Waals surface area contributed by atoms with E-state index in [-0.39, 0.29) is 17.2 Å². The molecule has 1 unspecified atom stereocenters. The molecular formula is C39H41N3O6. The highest BCUT2D eigenvalue weighted by atomic mass is 16.6. The molecule has 0 aliphatic heterocycles. The molecule has 0 bridgehead atoms. The number of rotatable bonds is 15. The molecule has 2 N–H and O–H groups in total. The molecule has 0 fully saturated rings. The first-order valence-corrected chi connectivity index (χ1v) is 16.4. The summed E-state index contributed by atoms with van der Waals surface area (Å²) in [7, 11) is 0. The second-order valence-electron chi connectivity index (χ2n) is 11.8. The minimum Gasteiger partial charge on any atom is -0.489 e. The van der Waals surface area contributed by atoms with Gasteiger partial charge in [0.2, 0.25) is 0 Å². The number of hydrogen-bond donors (Lipinski definition) is 2. The Kier molecular flexibility index (Phi) is 11.6. The number of ether oxygens (including phenoxy) is 2. The van der Waals surface area contributed by atoms with E-state index in [4.69, 9.17) is 19.6 Å². The number of aromatic nitrogens is 2. The van der Waals surface area contributed by atoms with Crippen LogP contribution in [0.2, 0.25) is 0 Å². The highest BCUT2D eigenvalue weighted by Gasteiger charge is 2.17. The highest BCUT2D eigenvalue weighted by molar-refractivity contribution is 5.89. The number of nitrogens with one attached hydrogen (secondary N) is 1. The van der Waals surface area contributed by atoms with E-state index in [0.29, 0.717) is 54.2 Å². The van der Waals surface area contributed by atoms with Crippen LogP contribution in [0, 0.1) is 0 Å². The predicted octanol–water partition coefficient (Wildman–Crippen LogP) is 8.02. The lowest BCUT2D eigenvalue weighted by Crippen LogP contribution is -2.26. The molecule has 0 aliphatic carbocycles. The highest BCUT2D eigenvalue weighted by Crippen LogP contribution is 2.20. The summed E-state index contributed by atoms with van der Waals surface area (Å²) in [6.45, 7) is 4.79. The van der Waals surface area contributed by atoms with Gasteiger partial charge in [-0.1, -0.05) is 81.3 Å². The molecule has 0 saturated heterocycles. The Labute approximate surface area is 280 Å². The van der Waals surface area contributed by atoms with Crippen LogP contribution in [0.3, 0.4) is 0 Å². The molecule has 0 radical (unpaired) electrons. The minimum atomic E-state index is -0.968. The van der Waals surface area contributed by atoms with E-state index >= 15 is 0 Å². The van der Waals surface area contributed by atoms with Crippen LogP contribution in [0.5, 0.6) is 5.75 Å². The summed E-state index contributed by atoms with van der Waals surface area (Å²) in [5.41, 5.74) is 3.96. The number of aryl methyl sites for hydroxylation is 1. The number of amides is 1. The summed E-state index contributed by atoms with van der Waals surface area (Å²) >= 11 is 0. The van der Waals surface area contributed by atoms with Crippen LogP contribution in [0.25, 0.3) is 10.9 Å². The molecule has 248 valence electrons. The van der Waals surface area contributed by atoms with Crippen molar-refractivity contribution in [3.8, 4) is 5.75 Å². The van der Waals surface area contributed by atoms with E-state index in [2.05, 4.69) is 19.2 Å². The van der Waals surface area contributed by atoms with Crippen molar-refractivity contribution >= 4 is 28.7 Å². The first kappa shape index (κ1) is 33.9. The number of nitrogens with zero attached hydrogens (tertiary/aromatic N) is 2. The molecule has 1 amide bonds. The number of carboxylic acid groups (broad SMARTS) is 1. The molecule has 5 rings (SSSR count). The Hall–Kier alpha value is -5.44. The molecule has 4 aromatic carbocycles. The number of fused-ring (bicyclic) bond motifs is 1. The van der Waals surface area contributed by atoms with Crippen LogP contribution in [-0.4, -0.2) is 32.8 Å². The van der Waals surface area contributed by atoms with Gasteiger partial charge in [-0.25, -0.2) is 14.6 Å². The van der Waals surface area contributed by atoms with Gasteiger partial charge in [0.1, 0.15) is 24.3 Å². The molecule has 0 saturated carbocycles. The maximum Gasteiger partial charge on any atom is 0.411 e. The minimum absolute atomic E-state index is 0.179. The molecule has 1 heterocycles. The van der Waals surface area contributed by atoms with Crippen molar-refractivity contribution in [3.05, 3.63) is 135 Å². The van der Waals surface area contributed by atoms with Gasteiger partial charge in [0.25, 0.3) is 5.56 Å². The Morgan fingerprint density at radius 3 is 2.29 bits per heavy atom. The van der Waals surface area contributed by atoms with E-state index in [0.717, 1.165) is 42.4 Å². The van der Waals surface area contributed by atoms with Crippen molar-refractivity contribution in [2.75, 3.05) is 5.32 Å². The molecule has 1 atom stereocenters. The lowest BCUT2D eigenvalue weighted by Gasteiger charge is -2.18. The SMILES string of the molecule is CCCCc1nc2ccc(NC(=O)OC(CCC)Cc3ccccc3)cc2c(=O)n1Cc1ccc(OCc2ccc(C(=O)O)cc2)cc1. The summed E-state index contributed by atoms with van der Waals surface area (Å²) in [5.74, 6) is 0.399. The summed E-state index contributed by atoms with van der Waals surface area (Å²) in [4.78, 5) is 42.8. The van der Waals surface area contributed by atoms with Crippen molar-refractivity contribution in [3.63, 3.8) is 0 Å². The predicted molar refractivity (Wildman–Crippen MR) is 187 cm³/mol. The Bertz CT molecular complexity index is 1890. The van der Waals surface area contributed by atoms with Crippen molar-refractivity contribution in [2.45, 2.75) is 71.6 Å². The third-order valence-corrected chi connectivity index (χ3v) is 8.09. The standard InChI is InChI=1S/C39H41N3O6/c1-3-5-12-36-41-35-22-19-31(40-39(46)48-33(9-4-2)23-27-10-7-6-8-11-27)24-34(35)37(43)42(36)25-28-15-20-32(21-16-28)47-26-29-13-17-30(18-14-29)38(44)45/h6-8,10-11,13-22,24,33H,3-5,9,12,23,25-26H2,1-2H3,(H,40,46)(H,44,45). The first-order valence-electron chi connectivity index (χ1n) is 16.4. The normalized spacial score (nSPS) is 11.6. The number of carboxylic acids is 1. The molecule has 48 heavy (non-hydrogen) atoms. The fraction of sp³-hybridized carbons (Fsp3) is 0.282. The summed E-state index contributed by atoms with van der Waals surface area (Å²) in [6.07, 6.45) is 3.95. The van der Waals surface area contributed by atoms with E-state index < -0.39 is 12.1 Å². The third-order valence-electron chi connectivity index (χ3n) is 8.09. The molecule has 0 aliphatic rings. The van der Waals surface area contributed by atoms with Gasteiger partial charge in [-0.15, -0.1) is 0 Å². The van der Waals surface area contributed by atoms with E-state index in [9.17, 15) is 14.4 Å². The van der Waals surface area contributed by atoms with Crippen LogP contribution >= 0.6 is 0 Å². The Morgan fingerprint density at radius 2 is 1.60 bits per heavy atom. The number of carbonyl (C=O) groups is 2. The molecule has 9 nitrogen and oxygen atoms in total. The fourth-order valence-corrected chi connectivity index (χ4v) is 5.52. The van der Waals surface area contributed by atoms with Crippen molar-refractivity contribution < 1.29 is 24.2 Å². The summed E-state index contributed by atoms with van der Waals surface area (Å²) in [6, 6.07) is 29.2. The molecule has 9 heteroatoms. The van der Waals surface area contributed by atoms with Crippen LogP contribution in [0.4, 0.5) is 10.5 Å². The fourth-order valence-electron chi connectivity index (χ4n) is 5.52. The number of aromatic carboxylic acids is 1. The monoisotopic (exact) mass is 647 g/mol. The van der Waals surface area contributed by atoms with Crippen LogP contribution < -0.4 is 15.6 Å². The zero-order valence-electron chi connectivity index (χ0n) is 27.4. The number of benzene rings is 4. The maximum absolute atomic E-state index is 13.9. The van der Waals surface area contributed by atoms with Gasteiger partial charge in [-0.05, 0) is 72.0 Å². The third kappa shape index (κ3) is 9.09. The zero-order valence-corrected chi connectivity index (χ0v) is 27.4. The second-order valence-corrected chi connectivity index (χ2v) is 11.8. The smallest absolute Gasteiger partial charge is 0.411 e. The van der Waals surface area contributed by atoms with Gasteiger partial charge in [0.15, 0.2) is 0 Å². The maximum atomic E-state index is 13.9. The summed E-state index contributed by atoms with van der Waals surface area (Å²) in [5, 5.41) is 12.3. The number of unbranched alkanes of at least 4 members (excludes halogenated alkanes) is 1. The quantitative estimate of drug-likeness (QED) is 0.118. The van der Waals surface area contributed by atoms with Crippen LogP contribution in [0.1, 0.15) is 72.4 Å².